The Balaban J connectivity index is 1.15. The number of imidazole rings is 2. The Morgan fingerprint density at radius 3 is 2.44 bits per heavy atom. The van der Waals surface area contributed by atoms with Gasteiger partial charge >= 0.3 is 5.97 Å². The number of aromatic nitrogens is 4. The topological polar surface area (TPSA) is 82.5 Å². The van der Waals surface area contributed by atoms with E-state index >= 15 is 0 Å². The van der Waals surface area contributed by atoms with Crippen LogP contribution >= 0.6 is 0 Å². The van der Waals surface area contributed by atoms with Crippen molar-refractivity contribution in [3.8, 4) is 0 Å². The highest BCUT2D eigenvalue weighted by molar-refractivity contribution is 5.69. The molecule has 1 spiro atoms. The molecule has 1 N–H and O–H groups in total. The van der Waals surface area contributed by atoms with Crippen LogP contribution in [-0.2, 0) is 42.3 Å². The van der Waals surface area contributed by atoms with E-state index in [0.717, 1.165) is 43.6 Å². The Morgan fingerprint density at radius 2 is 1.74 bits per heavy atom. The number of nitrogens with one attached hydrogen (secondary N) is 1. The van der Waals surface area contributed by atoms with E-state index in [2.05, 4.69) is 72.3 Å². The van der Waals surface area contributed by atoms with Crippen molar-refractivity contribution >= 4 is 5.97 Å². The lowest BCUT2D eigenvalue weighted by Crippen LogP contribution is -2.42. The smallest absolute Gasteiger partial charge is 0.305 e. The number of carbonyl (C=O) groups is 1. The van der Waals surface area contributed by atoms with E-state index in [0.29, 0.717) is 31.5 Å². The first kappa shape index (κ1) is 31.4. The first-order valence-corrected chi connectivity index (χ1v) is 16.3. The predicted octanol–water partition coefficient (Wildman–Crippen LogP) is 5.10. The third-order valence-electron chi connectivity index (χ3n) is 9.07. The Hall–Kier alpha value is -3.01. The average Bonchev–Trinajstić information content (AvgIpc) is 3.74. The van der Waals surface area contributed by atoms with Gasteiger partial charge in [0.1, 0.15) is 11.6 Å². The number of esters is 1. The number of benzene rings is 1. The van der Waals surface area contributed by atoms with Crippen LogP contribution in [0.1, 0.15) is 75.7 Å². The normalized spacial score (nSPS) is 17.4. The Morgan fingerprint density at radius 1 is 1.00 bits per heavy atom. The number of H-pyrrole nitrogens is 1. The zero-order valence-electron chi connectivity index (χ0n) is 26.5. The molecule has 0 atom stereocenters. The summed E-state index contributed by atoms with van der Waals surface area (Å²) in [6.45, 7) is 17.1. The third-order valence-corrected chi connectivity index (χ3v) is 9.07. The van der Waals surface area contributed by atoms with Crippen LogP contribution < -0.4 is 0 Å². The van der Waals surface area contributed by atoms with Crippen molar-refractivity contribution in [1.29, 1.82) is 0 Å². The molecule has 2 fully saturated rings. The second-order valence-corrected chi connectivity index (χ2v) is 13.1. The second kappa shape index (κ2) is 15.1. The van der Waals surface area contributed by atoms with E-state index in [4.69, 9.17) is 4.74 Å². The van der Waals surface area contributed by atoms with Gasteiger partial charge in [0, 0.05) is 63.9 Å². The maximum atomic E-state index is 11.8. The third kappa shape index (κ3) is 9.24. The number of aryl methyl sites for hydroxylation is 1. The van der Waals surface area contributed by atoms with E-state index in [1.165, 1.54) is 63.1 Å². The minimum Gasteiger partial charge on any atom is -0.466 e. The minimum absolute atomic E-state index is 0.140. The van der Waals surface area contributed by atoms with Crippen LogP contribution in [0.5, 0.6) is 0 Å². The van der Waals surface area contributed by atoms with E-state index in [1.54, 1.807) is 6.20 Å². The average molecular weight is 590 g/mol. The molecule has 0 radical (unpaired) electrons. The highest BCUT2D eigenvalue weighted by Crippen LogP contribution is 2.41. The van der Waals surface area contributed by atoms with Gasteiger partial charge in [-0.15, -0.1) is 0 Å². The maximum Gasteiger partial charge on any atom is 0.305 e. The monoisotopic (exact) mass is 589 g/mol. The summed E-state index contributed by atoms with van der Waals surface area (Å²) in [5.74, 6) is 2.55. The molecule has 0 amide bonds. The second-order valence-electron chi connectivity index (χ2n) is 13.1. The lowest BCUT2D eigenvalue weighted by Gasteiger charge is -2.40. The molecular formula is C34H51N7O2. The van der Waals surface area contributed by atoms with Crippen LogP contribution in [0.25, 0.3) is 0 Å². The molecule has 3 aromatic rings. The van der Waals surface area contributed by atoms with Crippen LogP contribution in [0.2, 0.25) is 0 Å². The van der Waals surface area contributed by atoms with Crippen LogP contribution in [0.3, 0.4) is 0 Å². The molecule has 9 heteroatoms. The van der Waals surface area contributed by atoms with Crippen molar-refractivity contribution in [1.82, 2.24) is 34.2 Å². The number of nitrogens with zero attached hydrogens (tertiary/aromatic N) is 6. The van der Waals surface area contributed by atoms with Crippen LogP contribution in [0.15, 0.2) is 49.1 Å². The number of piperidine rings is 1. The van der Waals surface area contributed by atoms with Crippen molar-refractivity contribution in [2.75, 3.05) is 39.3 Å². The minimum atomic E-state index is -0.140. The van der Waals surface area contributed by atoms with Crippen molar-refractivity contribution in [3.63, 3.8) is 0 Å². The predicted molar refractivity (Wildman–Crippen MR) is 169 cm³/mol. The molecule has 0 aliphatic carbocycles. The van der Waals surface area contributed by atoms with Gasteiger partial charge in [-0.25, -0.2) is 9.97 Å². The van der Waals surface area contributed by atoms with Crippen LogP contribution in [0, 0.1) is 11.3 Å². The Kier molecular flexibility index (Phi) is 11.1. The summed E-state index contributed by atoms with van der Waals surface area (Å²) in [6.07, 6.45) is 12.7. The molecule has 2 saturated heterocycles. The van der Waals surface area contributed by atoms with E-state index < -0.39 is 0 Å². The summed E-state index contributed by atoms with van der Waals surface area (Å²) in [4.78, 5) is 31.9. The van der Waals surface area contributed by atoms with Crippen molar-refractivity contribution < 1.29 is 9.53 Å². The van der Waals surface area contributed by atoms with Crippen molar-refractivity contribution in [2.24, 2.45) is 11.3 Å². The summed E-state index contributed by atoms with van der Waals surface area (Å²) < 4.78 is 7.23. The number of carbonyl (C=O) groups excluding carboxylic acids is 1. The van der Waals surface area contributed by atoms with Gasteiger partial charge < -0.3 is 19.2 Å². The lowest BCUT2D eigenvalue weighted by molar-refractivity contribution is -0.143. The van der Waals surface area contributed by atoms with E-state index in [-0.39, 0.29) is 5.97 Å². The Labute approximate surface area is 257 Å². The highest BCUT2D eigenvalue weighted by Gasteiger charge is 2.40. The molecule has 1 aromatic carbocycles. The number of ether oxygens (including phenoxy) is 1. The maximum absolute atomic E-state index is 11.8. The molecule has 2 aromatic heterocycles. The number of hydrogen-bond acceptors (Lipinski definition) is 7. The van der Waals surface area contributed by atoms with Gasteiger partial charge in [-0.3, -0.25) is 14.6 Å². The fourth-order valence-electron chi connectivity index (χ4n) is 6.85. The first-order chi connectivity index (χ1) is 20.9. The molecule has 9 nitrogen and oxygen atoms in total. The zero-order chi connectivity index (χ0) is 30.1. The molecule has 2 aliphatic heterocycles. The summed E-state index contributed by atoms with van der Waals surface area (Å²) in [7, 11) is 0. The molecule has 234 valence electrons. The molecule has 0 saturated carbocycles. The summed E-state index contributed by atoms with van der Waals surface area (Å²) in [5.41, 5.74) is 3.21. The molecule has 43 heavy (non-hydrogen) atoms. The van der Waals surface area contributed by atoms with Gasteiger partial charge in [0.15, 0.2) is 0 Å². The van der Waals surface area contributed by atoms with Gasteiger partial charge in [-0.05, 0) is 74.7 Å². The van der Waals surface area contributed by atoms with Crippen LogP contribution in [0.4, 0.5) is 0 Å². The van der Waals surface area contributed by atoms with Crippen LogP contribution in [-0.4, -0.2) is 79.5 Å². The fourth-order valence-corrected chi connectivity index (χ4v) is 6.85. The Bertz CT molecular complexity index is 1250. The molecule has 4 heterocycles. The quantitative estimate of drug-likeness (QED) is 0.247. The van der Waals surface area contributed by atoms with Gasteiger partial charge in [0.05, 0.1) is 19.7 Å². The van der Waals surface area contributed by atoms with E-state index in [9.17, 15) is 4.79 Å². The molecule has 5 rings (SSSR count). The largest absolute Gasteiger partial charge is 0.466 e. The van der Waals surface area contributed by atoms with Gasteiger partial charge in [-0.1, -0.05) is 38.1 Å². The number of hydrogen-bond donors (Lipinski definition) is 1. The van der Waals surface area contributed by atoms with Gasteiger partial charge in [0.2, 0.25) is 0 Å². The van der Waals surface area contributed by atoms with Crippen molar-refractivity contribution in [2.45, 2.75) is 85.6 Å². The standard InChI is InChI=1S/C34H51N7O2/c1-4-43-33(42)6-5-17-41-21-16-37-32(41)26-40(25-31-35-14-15-36-31)24-30-9-7-29(8-10-30)23-39-20-13-34(27-39)11-18-38(19-12-34)22-28(2)3/h7-10,14-16,21,28H,4-6,11-13,17-20,22-27H2,1-3H3,(H,35,36). The molecule has 2 aliphatic rings. The SMILES string of the molecule is CCOC(=O)CCCn1ccnc1CN(Cc1ccc(CN2CCC3(CCN(CC(C)C)CC3)C2)cc1)Cc1ncc[nH]1. The molecule has 0 bridgehead atoms. The highest BCUT2D eigenvalue weighted by atomic mass is 16.5. The van der Waals surface area contributed by atoms with Crippen molar-refractivity contribution in [3.05, 3.63) is 71.8 Å². The molecule has 0 unspecified atom stereocenters. The van der Waals surface area contributed by atoms with E-state index in [1.807, 2.05) is 25.5 Å². The fraction of sp³-hybridized carbons (Fsp3) is 0.618. The summed E-state index contributed by atoms with van der Waals surface area (Å²) in [6, 6.07) is 9.19. The number of rotatable bonds is 15. The summed E-state index contributed by atoms with van der Waals surface area (Å²) in [5, 5.41) is 0. The first-order valence-electron chi connectivity index (χ1n) is 16.3. The van der Waals surface area contributed by atoms with Gasteiger partial charge in [0.25, 0.3) is 0 Å². The van der Waals surface area contributed by atoms with Gasteiger partial charge in [-0.2, -0.15) is 0 Å². The zero-order valence-corrected chi connectivity index (χ0v) is 26.5. The number of aromatic amines is 1. The summed E-state index contributed by atoms with van der Waals surface area (Å²) >= 11 is 0. The lowest BCUT2D eigenvalue weighted by atomic mass is 9.77. The number of likely N-dealkylation sites (tertiary alicyclic amines) is 2. The molecular weight excluding hydrogens is 538 g/mol.